The summed E-state index contributed by atoms with van der Waals surface area (Å²) >= 11 is 0. The zero-order valence-electron chi connectivity index (χ0n) is 10.4. The molecule has 1 rings (SSSR count). The first-order valence-corrected chi connectivity index (χ1v) is 5.44. The molecule has 86 valence electrons. The van der Waals surface area contributed by atoms with E-state index in [1.54, 1.807) is 0 Å². The SMILES string of the molecule is CC(=O)Nc1ccc(/C=C/C(C)(C)C)cc1. The van der Waals surface area contributed by atoms with Crippen LogP contribution in [0.25, 0.3) is 6.08 Å². The molecule has 1 aromatic rings. The van der Waals surface area contributed by atoms with Crippen molar-refractivity contribution in [2.45, 2.75) is 27.7 Å². The number of hydrogen-bond donors (Lipinski definition) is 1. The van der Waals surface area contributed by atoms with Crippen molar-refractivity contribution in [3.05, 3.63) is 35.9 Å². The lowest BCUT2D eigenvalue weighted by atomic mass is 9.95. The fourth-order valence-corrected chi connectivity index (χ4v) is 1.23. The predicted molar refractivity (Wildman–Crippen MR) is 69.2 cm³/mol. The first kappa shape index (κ1) is 12.5. The summed E-state index contributed by atoms with van der Waals surface area (Å²) in [5.41, 5.74) is 2.17. The van der Waals surface area contributed by atoms with Gasteiger partial charge in [-0.2, -0.15) is 0 Å². The Morgan fingerprint density at radius 2 is 1.75 bits per heavy atom. The average Bonchev–Trinajstić information content (AvgIpc) is 2.14. The quantitative estimate of drug-likeness (QED) is 0.804. The van der Waals surface area contributed by atoms with Crippen LogP contribution in [0.2, 0.25) is 0 Å². The fraction of sp³-hybridized carbons (Fsp3) is 0.357. The van der Waals surface area contributed by atoms with E-state index >= 15 is 0 Å². The van der Waals surface area contributed by atoms with Gasteiger partial charge in [-0.25, -0.2) is 0 Å². The van der Waals surface area contributed by atoms with Gasteiger partial charge in [0.15, 0.2) is 0 Å². The third kappa shape index (κ3) is 4.78. The van der Waals surface area contributed by atoms with E-state index in [9.17, 15) is 4.79 Å². The Kier molecular flexibility index (Phi) is 3.88. The van der Waals surface area contributed by atoms with E-state index in [-0.39, 0.29) is 11.3 Å². The molecule has 0 aliphatic rings. The van der Waals surface area contributed by atoms with E-state index in [0.717, 1.165) is 11.3 Å². The molecule has 0 bridgehead atoms. The molecule has 0 saturated carbocycles. The number of anilines is 1. The lowest BCUT2D eigenvalue weighted by Gasteiger charge is -2.11. The molecule has 1 N–H and O–H groups in total. The van der Waals surface area contributed by atoms with Gasteiger partial charge in [-0.3, -0.25) is 4.79 Å². The molecular formula is C14H19NO. The van der Waals surface area contributed by atoms with Crippen molar-refractivity contribution < 1.29 is 4.79 Å². The van der Waals surface area contributed by atoms with Crippen LogP contribution in [-0.2, 0) is 4.79 Å². The van der Waals surface area contributed by atoms with Crippen molar-refractivity contribution in [1.82, 2.24) is 0 Å². The maximum Gasteiger partial charge on any atom is 0.221 e. The topological polar surface area (TPSA) is 29.1 Å². The van der Waals surface area contributed by atoms with Gasteiger partial charge in [-0.15, -0.1) is 0 Å². The van der Waals surface area contributed by atoms with Gasteiger partial charge < -0.3 is 5.32 Å². The largest absolute Gasteiger partial charge is 0.326 e. The third-order valence-corrected chi connectivity index (χ3v) is 2.01. The molecule has 0 saturated heterocycles. The van der Waals surface area contributed by atoms with Crippen LogP contribution in [0.5, 0.6) is 0 Å². The van der Waals surface area contributed by atoms with Crippen molar-refractivity contribution >= 4 is 17.7 Å². The number of nitrogens with one attached hydrogen (secondary N) is 1. The highest BCUT2D eigenvalue weighted by atomic mass is 16.1. The summed E-state index contributed by atoms with van der Waals surface area (Å²) < 4.78 is 0. The van der Waals surface area contributed by atoms with Crippen LogP contribution in [0.3, 0.4) is 0 Å². The van der Waals surface area contributed by atoms with Crippen molar-refractivity contribution in [2.24, 2.45) is 5.41 Å². The molecule has 0 atom stereocenters. The number of benzene rings is 1. The Morgan fingerprint density at radius 1 is 1.19 bits per heavy atom. The molecule has 0 fully saturated rings. The molecule has 1 aromatic carbocycles. The second kappa shape index (κ2) is 4.97. The van der Waals surface area contributed by atoms with Gasteiger partial charge in [0, 0.05) is 12.6 Å². The number of carbonyl (C=O) groups is 1. The number of rotatable bonds is 2. The summed E-state index contributed by atoms with van der Waals surface area (Å²) in [5.74, 6) is -0.0435. The standard InChI is InChI=1S/C14H19NO/c1-11(16)15-13-7-5-12(6-8-13)9-10-14(2,3)4/h5-10H,1-4H3,(H,15,16)/b10-9+. The molecule has 16 heavy (non-hydrogen) atoms. The minimum Gasteiger partial charge on any atom is -0.326 e. The average molecular weight is 217 g/mol. The maximum absolute atomic E-state index is 10.8. The Bertz CT molecular complexity index is 382. The van der Waals surface area contributed by atoms with Crippen LogP contribution in [0.1, 0.15) is 33.3 Å². The number of carbonyl (C=O) groups excluding carboxylic acids is 1. The smallest absolute Gasteiger partial charge is 0.221 e. The second-order valence-electron chi connectivity index (χ2n) is 5.00. The number of allylic oxidation sites excluding steroid dienone is 1. The Hall–Kier alpha value is -1.57. The molecule has 0 aromatic heterocycles. The molecule has 1 amide bonds. The molecule has 0 radical (unpaired) electrons. The van der Waals surface area contributed by atoms with E-state index in [2.05, 4.69) is 38.2 Å². The van der Waals surface area contributed by atoms with Gasteiger partial charge in [-0.05, 0) is 23.1 Å². The minimum atomic E-state index is -0.0435. The van der Waals surface area contributed by atoms with Crippen molar-refractivity contribution in [1.29, 1.82) is 0 Å². The van der Waals surface area contributed by atoms with Gasteiger partial charge in [0.1, 0.15) is 0 Å². The fourth-order valence-electron chi connectivity index (χ4n) is 1.23. The molecule has 2 heteroatoms. The third-order valence-electron chi connectivity index (χ3n) is 2.01. The van der Waals surface area contributed by atoms with Crippen molar-refractivity contribution in [3.8, 4) is 0 Å². The van der Waals surface area contributed by atoms with Crippen LogP contribution in [0.4, 0.5) is 5.69 Å². The van der Waals surface area contributed by atoms with Gasteiger partial charge in [0.05, 0.1) is 0 Å². The van der Waals surface area contributed by atoms with Crippen LogP contribution < -0.4 is 5.32 Å². The molecule has 0 spiro atoms. The predicted octanol–water partition coefficient (Wildman–Crippen LogP) is 3.70. The number of amides is 1. The first-order valence-electron chi connectivity index (χ1n) is 5.44. The van der Waals surface area contributed by atoms with Gasteiger partial charge in [-0.1, -0.05) is 45.1 Å². The van der Waals surface area contributed by atoms with E-state index in [4.69, 9.17) is 0 Å². The van der Waals surface area contributed by atoms with Crippen molar-refractivity contribution in [3.63, 3.8) is 0 Å². The Morgan fingerprint density at radius 3 is 2.19 bits per heavy atom. The molecule has 0 aliphatic carbocycles. The van der Waals surface area contributed by atoms with Gasteiger partial charge in [0.25, 0.3) is 0 Å². The normalized spacial score (nSPS) is 11.8. The van der Waals surface area contributed by atoms with Gasteiger partial charge >= 0.3 is 0 Å². The minimum absolute atomic E-state index is 0.0435. The highest BCUT2D eigenvalue weighted by Gasteiger charge is 2.03. The zero-order chi connectivity index (χ0) is 12.2. The second-order valence-corrected chi connectivity index (χ2v) is 5.00. The monoisotopic (exact) mass is 217 g/mol. The zero-order valence-corrected chi connectivity index (χ0v) is 10.4. The summed E-state index contributed by atoms with van der Waals surface area (Å²) in [5, 5.41) is 2.74. The summed E-state index contributed by atoms with van der Waals surface area (Å²) in [6.07, 6.45) is 4.26. The molecule has 0 unspecified atom stereocenters. The molecule has 0 aliphatic heterocycles. The Labute approximate surface area is 97.4 Å². The molecular weight excluding hydrogens is 198 g/mol. The lowest BCUT2D eigenvalue weighted by molar-refractivity contribution is -0.114. The molecule has 2 nitrogen and oxygen atoms in total. The number of hydrogen-bond acceptors (Lipinski definition) is 1. The van der Waals surface area contributed by atoms with E-state index < -0.39 is 0 Å². The van der Waals surface area contributed by atoms with Crippen molar-refractivity contribution in [2.75, 3.05) is 5.32 Å². The summed E-state index contributed by atoms with van der Waals surface area (Å²) in [7, 11) is 0. The van der Waals surface area contributed by atoms with E-state index in [0.29, 0.717) is 0 Å². The van der Waals surface area contributed by atoms with Crippen LogP contribution in [0.15, 0.2) is 30.3 Å². The van der Waals surface area contributed by atoms with E-state index in [1.165, 1.54) is 6.92 Å². The van der Waals surface area contributed by atoms with Crippen LogP contribution >= 0.6 is 0 Å². The summed E-state index contributed by atoms with van der Waals surface area (Å²) in [6.45, 7) is 7.99. The maximum atomic E-state index is 10.8. The summed E-state index contributed by atoms with van der Waals surface area (Å²) in [6, 6.07) is 7.80. The highest BCUT2D eigenvalue weighted by molar-refractivity contribution is 5.88. The van der Waals surface area contributed by atoms with Gasteiger partial charge in [0.2, 0.25) is 5.91 Å². The Balaban J connectivity index is 2.72. The molecule has 0 heterocycles. The summed E-state index contributed by atoms with van der Waals surface area (Å²) in [4.78, 5) is 10.8. The van der Waals surface area contributed by atoms with Crippen LogP contribution in [-0.4, -0.2) is 5.91 Å². The van der Waals surface area contributed by atoms with E-state index in [1.807, 2.05) is 24.3 Å². The highest BCUT2D eigenvalue weighted by Crippen LogP contribution is 2.18. The lowest BCUT2D eigenvalue weighted by Crippen LogP contribution is -2.05. The first-order chi connectivity index (χ1) is 7.37. The van der Waals surface area contributed by atoms with Crippen LogP contribution in [0, 0.1) is 5.41 Å².